The lowest BCUT2D eigenvalue weighted by atomic mass is 9.96. The largest absolute Gasteiger partial charge is 0.475 e. The van der Waals surface area contributed by atoms with Crippen LogP contribution in [0.15, 0.2) is 167 Å². The Labute approximate surface area is 452 Å². The molecule has 8 rings (SSSR count). The predicted octanol–water partition coefficient (Wildman–Crippen LogP) is 10.5. The molecule has 6 aromatic carbocycles. The SMILES string of the molecule is CCOC(=O)[C@H](O)C[C@H](N)Cc1ccc(-c2cccc(Cl)c2)cc1.COCC(=O)[C@H](O)C[C@@H](Cc1ccc(-c2cccc(Cl)c2)cc1)NC(=O)c1cc(-c2ccccc2F)no1.O=C(O)c1cc(-c2ccccc2F)no1. The Bertz CT molecular complexity index is 3230. The third-order valence-electron chi connectivity index (χ3n) is 11.5. The highest BCUT2D eigenvalue weighted by atomic mass is 35.5. The van der Waals surface area contributed by atoms with Crippen LogP contribution in [0.4, 0.5) is 8.78 Å². The first-order valence-electron chi connectivity index (χ1n) is 24.0. The number of hydrogen-bond donors (Lipinski definition) is 5. The number of aromatic nitrogens is 2. The van der Waals surface area contributed by atoms with Gasteiger partial charge in [0.05, 0.1) is 6.61 Å². The van der Waals surface area contributed by atoms with Crippen molar-refractivity contribution in [2.45, 2.75) is 56.9 Å². The fourth-order valence-corrected chi connectivity index (χ4v) is 8.11. The summed E-state index contributed by atoms with van der Waals surface area (Å²) < 4.78 is 46.7. The van der Waals surface area contributed by atoms with E-state index in [1.54, 1.807) is 31.2 Å². The van der Waals surface area contributed by atoms with Crippen molar-refractivity contribution >= 4 is 46.8 Å². The van der Waals surface area contributed by atoms with Gasteiger partial charge in [0.1, 0.15) is 35.7 Å². The van der Waals surface area contributed by atoms with Crippen molar-refractivity contribution in [1.82, 2.24) is 15.6 Å². The summed E-state index contributed by atoms with van der Waals surface area (Å²) in [5.41, 5.74) is 12.8. The Morgan fingerprint density at radius 1 is 0.636 bits per heavy atom. The molecule has 0 aliphatic carbocycles. The first-order valence-corrected chi connectivity index (χ1v) is 24.7. The van der Waals surface area contributed by atoms with E-state index in [1.807, 2.05) is 91.0 Å². The van der Waals surface area contributed by atoms with Gasteiger partial charge in [-0.3, -0.25) is 9.59 Å². The summed E-state index contributed by atoms with van der Waals surface area (Å²) >= 11 is 12.1. The molecule has 0 fully saturated rings. The number of rotatable bonds is 20. The van der Waals surface area contributed by atoms with Crippen LogP contribution in [-0.4, -0.2) is 93.9 Å². The number of nitrogens with two attached hydrogens (primary N) is 1. The Balaban J connectivity index is 0.000000209. The van der Waals surface area contributed by atoms with Gasteiger partial charge in [-0.25, -0.2) is 18.4 Å². The monoisotopic (exact) mass is 1090 g/mol. The molecule has 0 spiro atoms. The maximum atomic E-state index is 14.1. The molecular formula is C58H54Cl2F2N4O11. The number of carboxylic acid groups (broad SMARTS) is 1. The van der Waals surface area contributed by atoms with Crippen LogP contribution in [0.5, 0.6) is 0 Å². The van der Waals surface area contributed by atoms with E-state index in [1.165, 1.54) is 49.6 Å². The number of nitrogens with one attached hydrogen (secondary N) is 1. The molecule has 2 aromatic heterocycles. The second kappa shape index (κ2) is 28.8. The number of methoxy groups -OCH3 is 1. The van der Waals surface area contributed by atoms with Gasteiger partial charge in [0, 0.05) is 58.9 Å². The molecular weight excluding hydrogens is 1040 g/mol. The van der Waals surface area contributed by atoms with E-state index in [0.717, 1.165) is 33.4 Å². The van der Waals surface area contributed by atoms with Crippen molar-refractivity contribution in [3.63, 3.8) is 0 Å². The first-order chi connectivity index (χ1) is 37.0. The smallest absolute Gasteiger partial charge is 0.374 e. The Hall–Kier alpha value is -7.90. The van der Waals surface area contributed by atoms with Crippen molar-refractivity contribution in [3.8, 4) is 44.8 Å². The maximum Gasteiger partial charge on any atom is 0.374 e. The number of amides is 1. The topological polar surface area (TPSA) is 238 Å². The fourth-order valence-electron chi connectivity index (χ4n) is 7.73. The summed E-state index contributed by atoms with van der Waals surface area (Å²) in [5.74, 6) is -4.35. The number of nitrogens with zero attached hydrogens (tertiary/aromatic N) is 2. The van der Waals surface area contributed by atoms with Gasteiger partial charge in [-0.15, -0.1) is 0 Å². The molecule has 0 aliphatic heterocycles. The van der Waals surface area contributed by atoms with Crippen molar-refractivity contribution < 1.29 is 61.8 Å². The van der Waals surface area contributed by atoms with E-state index in [-0.39, 0.29) is 66.1 Å². The number of aromatic carboxylic acids is 1. The summed E-state index contributed by atoms with van der Waals surface area (Å²) in [6, 6.07) is 44.4. The van der Waals surface area contributed by atoms with E-state index < -0.39 is 53.5 Å². The molecule has 6 N–H and O–H groups in total. The number of aliphatic hydroxyl groups excluding tert-OH is 2. The van der Waals surface area contributed by atoms with E-state index >= 15 is 0 Å². The van der Waals surface area contributed by atoms with E-state index in [9.17, 15) is 38.2 Å². The zero-order valence-electron chi connectivity index (χ0n) is 41.7. The molecule has 0 aliphatic rings. The minimum Gasteiger partial charge on any atom is -0.475 e. The average molecular weight is 1090 g/mol. The molecule has 0 saturated carbocycles. The standard InChI is InChI=1S/C29H26ClFN2O5.C19H22ClNO3.C10H6FNO3/c1-37-17-27(35)26(34)15-22(13-18-9-11-19(12-10-18)20-5-4-6-21(30)14-20)32-29(36)28-16-25(33-38-28)23-7-2-3-8-24(23)31;1-2-24-19(23)18(22)12-17(21)10-13-6-8-14(9-7-13)15-4-3-5-16(20)11-15;11-7-4-2-1-3-6(7)8-5-9(10(13)14)15-12-8/h2-12,14,16,22,26,34H,13,15,17H2,1H3,(H,32,36);3-9,11,17-18,22H,2,10,12,21H2,1H3;1-5H,(H,13,14)/t22-,26-;17-,18-;/m11./s1. The number of ether oxygens (including phenoxy) is 2. The molecule has 8 aromatic rings. The van der Waals surface area contributed by atoms with Crippen molar-refractivity contribution in [3.05, 3.63) is 202 Å². The summed E-state index contributed by atoms with van der Waals surface area (Å²) in [7, 11) is 1.36. The molecule has 15 nitrogen and oxygen atoms in total. The van der Waals surface area contributed by atoms with E-state index in [2.05, 4.69) is 20.2 Å². The van der Waals surface area contributed by atoms with Crippen LogP contribution < -0.4 is 11.1 Å². The molecule has 77 heavy (non-hydrogen) atoms. The summed E-state index contributed by atoms with van der Waals surface area (Å²) in [5, 5.41) is 40.2. The summed E-state index contributed by atoms with van der Waals surface area (Å²) in [6.45, 7) is 1.70. The third-order valence-corrected chi connectivity index (χ3v) is 12.0. The molecule has 400 valence electrons. The second-order valence-electron chi connectivity index (χ2n) is 17.3. The van der Waals surface area contributed by atoms with Crippen molar-refractivity contribution in [2.24, 2.45) is 5.73 Å². The van der Waals surface area contributed by atoms with Gasteiger partial charge in [0.25, 0.3) is 5.91 Å². The summed E-state index contributed by atoms with van der Waals surface area (Å²) in [6.07, 6.45) is -1.48. The lowest BCUT2D eigenvalue weighted by Crippen LogP contribution is -2.41. The highest BCUT2D eigenvalue weighted by Gasteiger charge is 2.25. The van der Waals surface area contributed by atoms with Crippen LogP contribution in [0, 0.1) is 11.6 Å². The van der Waals surface area contributed by atoms with E-state index in [4.69, 9.17) is 48.0 Å². The number of aliphatic hydroxyl groups is 2. The quantitative estimate of drug-likeness (QED) is 0.0447. The lowest BCUT2D eigenvalue weighted by Gasteiger charge is -2.21. The minimum atomic E-state index is -1.34. The third kappa shape index (κ3) is 17.6. The van der Waals surface area contributed by atoms with Gasteiger partial charge in [-0.05, 0) is 108 Å². The Kier molecular flexibility index (Phi) is 21.9. The van der Waals surface area contributed by atoms with Gasteiger partial charge >= 0.3 is 11.9 Å². The molecule has 19 heteroatoms. The van der Waals surface area contributed by atoms with E-state index in [0.29, 0.717) is 22.9 Å². The molecule has 0 saturated heterocycles. The van der Waals surface area contributed by atoms with Crippen LogP contribution in [0.2, 0.25) is 10.0 Å². The number of hydrogen-bond acceptors (Lipinski definition) is 13. The number of carbonyl (C=O) groups is 4. The van der Waals surface area contributed by atoms with Gasteiger partial charge in [0.15, 0.2) is 11.9 Å². The zero-order chi connectivity index (χ0) is 55.4. The van der Waals surface area contributed by atoms with Gasteiger partial charge in [-0.1, -0.05) is 131 Å². The number of benzene rings is 6. The molecule has 0 bridgehead atoms. The highest BCUT2D eigenvalue weighted by Crippen LogP contribution is 2.27. The average Bonchev–Trinajstić information content (AvgIpc) is 4.12. The second-order valence-corrected chi connectivity index (χ2v) is 18.2. The molecule has 4 atom stereocenters. The van der Waals surface area contributed by atoms with Gasteiger partial charge < -0.3 is 44.9 Å². The number of ketones is 1. The van der Waals surface area contributed by atoms with Crippen molar-refractivity contribution in [1.29, 1.82) is 0 Å². The number of Topliss-reactive ketones (excluding diaryl/α,β-unsaturated/α-hetero) is 1. The molecule has 0 radical (unpaired) electrons. The number of esters is 1. The van der Waals surface area contributed by atoms with Crippen molar-refractivity contribution in [2.75, 3.05) is 20.3 Å². The number of carboxylic acids is 1. The minimum absolute atomic E-state index is 0.0434. The van der Waals surface area contributed by atoms with Crippen LogP contribution in [0.3, 0.4) is 0 Å². The fraction of sp³-hybridized carbons (Fsp3) is 0.207. The summed E-state index contributed by atoms with van der Waals surface area (Å²) in [4.78, 5) is 47.1. The molecule has 0 unspecified atom stereocenters. The predicted molar refractivity (Wildman–Crippen MR) is 286 cm³/mol. The highest BCUT2D eigenvalue weighted by molar-refractivity contribution is 6.31. The van der Waals surface area contributed by atoms with Crippen LogP contribution >= 0.6 is 23.2 Å². The molecule has 2 heterocycles. The molecule has 1 amide bonds. The lowest BCUT2D eigenvalue weighted by molar-refractivity contribution is -0.153. The van der Waals surface area contributed by atoms with Crippen LogP contribution in [0.25, 0.3) is 44.8 Å². The normalized spacial score (nSPS) is 12.4. The zero-order valence-corrected chi connectivity index (χ0v) is 43.2. The first kappa shape index (κ1) is 58.4. The Morgan fingerprint density at radius 3 is 1.60 bits per heavy atom. The van der Waals surface area contributed by atoms with Gasteiger partial charge in [0.2, 0.25) is 11.5 Å². The number of carbonyl (C=O) groups excluding carboxylic acids is 3. The maximum absolute atomic E-state index is 14.1. The van der Waals surface area contributed by atoms with Gasteiger partial charge in [-0.2, -0.15) is 0 Å². The van der Waals surface area contributed by atoms with Crippen LogP contribution in [-0.2, 0) is 31.9 Å². The Morgan fingerprint density at radius 2 is 1.13 bits per heavy atom. The number of halogens is 4. The van der Waals surface area contributed by atoms with Crippen LogP contribution in [0.1, 0.15) is 52.0 Å².